The van der Waals surface area contributed by atoms with E-state index in [-0.39, 0.29) is 5.82 Å². The smallest absolute Gasteiger partial charge is 0.124 e. The predicted molar refractivity (Wildman–Crippen MR) is 159 cm³/mol. The van der Waals surface area contributed by atoms with Gasteiger partial charge in [-0.3, -0.25) is 15.0 Å². The maximum Gasteiger partial charge on any atom is 0.124 e. The number of hydrogen-bond donors (Lipinski definition) is 3. The van der Waals surface area contributed by atoms with Gasteiger partial charge in [0.2, 0.25) is 0 Å². The van der Waals surface area contributed by atoms with E-state index < -0.39 is 0 Å². The highest BCUT2D eigenvalue weighted by atomic mass is 19.1. The van der Waals surface area contributed by atoms with Crippen LogP contribution in [-0.4, -0.2) is 40.5 Å². The Morgan fingerprint density at radius 3 is 2.54 bits per heavy atom. The van der Waals surface area contributed by atoms with Crippen molar-refractivity contribution in [3.05, 3.63) is 103 Å². The van der Waals surface area contributed by atoms with Crippen molar-refractivity contribution in [1.29, 1.82) is 0 Å². The van der Waals surface area contributed by atoms with Gasteiger partial charge in [-0.15, -0.1) is 0 Å². The van der Waals surface area contributed by atoms with Crippen LogP contribution in [-0.2, 0) is 6.42 Å². The Balaban J connectivity index is 1.57. The number of benzene rings is 1. The molecule has 8 heteroatoms. The molecule has 4 rings (SSSR count). The Kier molecular flexibility index (Phi) is 8.36. The summed E-state index contributed by atoms with van der Waals surface area (Å²) in [6.45, 7) is 11.3. The molecule has 5 N–H and O–H groups in total. The van der Waals surface area contributed by atoms with E-state index in [0.29, 0.717) is 39.6 Å². The van der Waals surface area contributed by atoms with E-state index in [1.54, 1.807) is 36.9 Å². The first-order chi connectivity index (χ1) is 18.6. The van der Waals surface area contributed by atoms with Crippen LogP contribution in [0.2, 0.25) is 0 Å². The van der Waals surface area contributed by atoms with Gasteiger partial charge in [-0.05, 0) is 93.5 Å². The summed E-state index contributed by atoms with van der Waals surface area (Å²) in [6, 6.07) is 10.6. The molecule has 7 nitrogen and oxygen atoms in total. The minimum Gasteiger partial charge on any atom is -0.397 e. The number of rotatable bonds is 10. The summed E-state index contributed by atoms with van der Waals surface area (Å²) >= 11 is 0. The van der Waals surface area contributed by atoms with Crippen molar-refractivity contribution in [2.45, 2.75) is 19.8 Å². The van der Waals surface area contributed by atoms with Crippen LogP contribution in [0.3, 0.4) is 0 Å². The second-order valence-corrected chi connectivity index (χ2v) is 9.83. The van der Waals surface area contributed by atoms with Gasteiger partial charge in [-0.1, -0.05) is 13.2 Å². The predicted octanol–water partition coefficient (Wildman–Crippen LogP) is 5.95. The zero-order chi connectivity index (χ0) is 28.1. The van der Waals surface area contributed by atoms with E-state index in [1.807, 2.05) is 39.2 Å². The third kappa shape index (κ3) is 6.66. The van der Waals surface area contributed by atoms with Gasteiger partial charge in [-0.2, -0.15) is 0 Å². The molecule has 0 saturated carbocycles. The van der Waals surface area contributed by atoms with Gasteiger partial charge in [0.05, 0.1) is 29.0 Å². The average Bonchev–Trinajstić information content (AvgIpc) is 2.89. The number of nitrogens with two attached hydrogens (primary N) is 2. The molecule has 0 spiro atoms. The molecule has 0 aliphatic rings. The maximum absolute atomic E-state index is 14.5. The van der Waals surface area contributed by atoms with E-state index in [4.69, 9.17) is 11.5 Å². The molecule has 0 aliphatic heterocycles. The molecule has 0 saturated heterocycles. The summed E-state index contributed by atoms with van der Waals surface area (Å²) in [5.41, 5.74) is 20.5. The minimum atomic E-state index is -0.274. The summed E-state index contributed by atoms with van der Waals surface area (Å²) in [6.07, 6.45) is 8.28. The molecular formula is C31H34FN7. The van der Waals surface area contributed by atoms with Crippen LogP contribution >= 0.6 is 0 Å². The van der Waals surface area contributed by atoms with Crippen molar-refractivity contribution in [2.24, 2.45) is 0 Å². The lowest BCUT2D eigenvalue weighted by Crippen LogP contribution is -2.13. The third-order valence-electron chi connectivity index (χ3n) is 6.47. The number of anilines is 3. The highest BCUT2D eigenvalue weighted by molar-refractivity contribution is 5.87. The quantitative estimate of drug-likeness (QED) is 0.221. The van der Waals surface area contributed by atoms with E-state index in [9.17, 15) is 4.39 Å². The topological polar surface area (TPSA) is 106 Å². The highest BCUT2D eigenvalue weighted by Gasteiger charge is 2.15. The van der Waals surface area contributed by atoms with Crippen molar-refractivity contribution in [2.75, 3.05) is 37.4 Å². The number of aryl methyl sites for hydroxylation is 1. The Labute approximate surface area is 229 Å². The molecule has 0 fully saturated rings. The Morgan fingerprint density at radius 2 is 1.79 bits per heavy atom. The first-order valence-electron chi connectivity index (χ1n) is 12.6. The van der Waals surface area contributed by atoms with Crippen LogP contribution in [0.1, 0.15) is 23.1 Å². The Morgan fingerprint density at radius 1 is 1.00 bits per heavy atom. The summed E-state index contributed by atoms with van der Waals surface area (Å²) < 4.78 is 14.5. The normalized spacial score (nSPS) is 11.0. The molecule has 0 amide bonds. The molecule has 39 heavy (non-hydrogen) atoms. The highest BCUT2D eigenvalue weighted by Crippen LogP contribution is 2.33. The molecule has 0 radical (unpaired) electrons. The lowest BCUT2D eigenvalue weighted by molar-refractivity contribution is 0.400. The lowest BCUT2D eigenvalue weighted by atomic mass is 9.99. The molecule has 200 valence electrons. The lowest BCUT2D eigenvalue weighted by Gasteiger charge is -2.18. The number of hydrogen-bond acceptors (Lipinski definition) is 7. The number of halogens is 1. The number of nitrogen functional groups attached to an aromatic ring is 2. The molecule has 0 aliphatic carbocycles. The van der Waals surface area contributed by atoms with Gasteiger partial charge < -0.3 is 21.7 Å². The first-order valence-corrected chi connectivity index (χ1v) is 12.6. The van der Waals surface area contributed by atoms with Gasteiger partial charge in [0.1, 0.15) is 5.82 Å². The van der Waals surface area contributed by atoms with Crippen molar-refractivity contribution >= 4 is 22.6 Å². The van der Waals surface area contributed by atoms with Crippen molar-refractivity contribution in [3.63, 3.8) is 0 Å². The summed E-state index contributed by atoms with van der Waals surface area (Å²) in [7, 11) is 4.06. The van der Waals surface area contributed by atoms with Crippen molar-refractivity contribution in [3.8, 4) is 22.5 Å². The monoisotopic (exact) mass is 523 g/mol. The molecule has 0 bridgehead atoms. The van der Waals surface area contributed by atoms with Gasteiger partial charge >= 0.3 is 0 Å². The van der Waals surface area contributed by atoms with Crippen LogP contribution in [0.15, 0.2) is 80.0 Å². The van der Waals surface area contributed by atoms with Gasteiger partial charge in [-0.25, -0.2) is 4.39 Å². The largest absolute Gasteiger partial charge is 0.397 e. The van der Waals surface area contributed by atoms with Crippen LogP contribution in [0.5, 0.6) is 0 Å². The fraction of sp³-hybridized carbons (Fsp3) is 0.194. The number of nitrogens with one attached hydrogen (secondary N) is 1. The number of pyridine rings is 3. The summed E-state index contributed by atoms with van der Waals surface area (Å²) in [5.74, 6) is -0.274. The van der Waals surface area contributed by atoms with E-state index in [0.717, 1.165) is 47.3 Å². The van der Waals surface area contributed by atoms with E-state index in [1.165, 1.54) is 6.07 Å². The summed E-state index contributed by atoms with van der Waals surface area (Å²) in [4.78, 5) is 15.3. The molecule has 0 atom stereocenters. The fourth-order valence-corrected chi connectivity index (χ4v) is 4.38. The average molecular weight is 524 g/mol. The molecule has 4 aromatic rings. The van der Waals surface area contributed by atoms with Gasteiger partial charge in [0.25, 0.3) is 0 Å². The third-order valence-corrected chi connectivity index (χ3v) is 6.47. The number of allylic oxidation sites excluding steroid dienone is 1. The van der Waals surface area contributed by atoms with Crippen LogP contribution < -0.4 is 16.8 Å². The molecule has 3 aromatic heterocycles. The zero-order valence-corrected chi connectivity index (χ0v) is 22.6. The van der Waals surface area contributed by atoms with Crippen molar-refractivity contribution in [1.82, 2.24) is 19.9 Å². The first kappa shape index (κ1) is 27.5. The van der Waals surface area contributed by atoms with Gasteiger partial charge in [0, 0.05) is 46.7 Å². The standard InChI is InChI=1S/C31H34FN7/c1-19(27-15-30(37-18-28(27)34)24-14-26(33)17-35-16-24)21(3)38-29-8-9-36-31(20(29)2)23-11-22(12-25(32)13-23)7-6-10-39(4)5/h8-9,11-18H,1,3,6-7,10,33-34H2,2,4-5H3,(H,36,38). The second-order valence-electron chi connectivity index (χ2n) is 9.83. The zero-order valence-electron chi connectivity index (χ0n) is 22.6. The molecular weight excluding hydrogens is 489 g/mol. The SMILES string of the molecule is C=C(Nc1ccnc(-c2cc(F)cc(CCCN(C)C)c2)c1C)C(=C)c1cc(-c2cncc(N)c2)ncc1N. The van der Waals surface area contributed by atoms with Crippen LogP contribution in [0.25, 0.3) is 28.1 Å². The second kappa shape index (κ2) is 11.9. The number of nitrogens with zero attached hydrogens (tertiary/aromatic N) is 4. The van der Waals surface area contributed by atoms with Crippen LogP contribution in [0.4, 0.5) is 21.5 Å². The van der Waals surface area contributed by atoms with E-state index >= 15 is 0 Å². The van der Waals surface area contributed by atoms with Crippen LogP contribution in [0, 0.1) is 12.7 Å². The fourth-order valence-electron chi connectivity index (χ4n) is 4.38. The molecule has 0 unspecified atom stereocenters. The van der Waals surface area contributed by atoms with Gasteiger partial charge in [0.15, 0.2) is 0 Å². The summed E-state index contributed by atoms with van der Waals surface area (Å²) in [5, 5.41) is 3.35. The van der Waals surface area contributed by atoms with Crippen molar-refractivity contribution < 1.29 is 4.39 Å². The minimum absolute atomic E-state index is 0.274. The van der Waals surface area contributed by atoms with E-state index in [2.05, 4.69) is 38.3 Å². The number of aromatic nitrogens is 3. The maximum atomic E-state index is 14.5. The molecule has 1 aromatic carbocycles. The molecule has 3 heterocycles. The Hall–Kier alpha value is -4.56. The Bertz CT molecular complexity index is 1530.